The van der Waals surface area contributed by atoms with Gasteiger partial charge in [0.1, 0.15) is 6.10 Å². The molecule has 2 unspecified atom stereocenters. The summed E-state index contributed by atoms with van der Waals surface area (Å²) in [5.41, 5.74) is 5.42. The summed E-state index contributed by atoms with van der Waals surface area (Å²) in [5, 5.41) is 0. The fourth-order valence-corrected chi connectivity index (χ4v) is 2.45. The Kier molecular flexibility index (Phi) is 7.28. The number of nitrogens with two attached hydrogens (primary N) is 1. The Balaban J connectivity index is 2.11. The fraction of sp³-hybridized carbons (Fsp3) is 0.929. The predicted octanol–water partition coefficient (Wildman–Crippen LogP) is 2.39. The van der Waals surface area contributed by atoms with Crippen molar-refractivity contribution in [1.29, 1.82) is 0 Å². The fourth-order valence-electron chi connectivity index (χ4n) is 2.45. The molecule has 0 saturated carbocycles. The van der Waals surface area contributed by atoms with Crippen molar-refractivity contribution >= 4 is 5.97 Å². The van der Waals surface area contributed by atoms with Crippen molar-refractivity contribution in [2.24, 2.45) is 5.73 Å². The summed E-state index contributed by atoms with van der Waals surface area (Å²) in [7, 11) is 0. The van der Waals surface area contributed by atoms with Crippen molar-refractivity contribution in [2.45, 2.75) is 77.1 Å². The van der Waals surface area contributed by atoms with Crippen molar-refractivity contribution in [3.05, 3.63) is 0 Å². The van der Waals surface area contributed by atoms with Gasteiger partial charge in [-0.1, -0.05) is 12.8 Å². The first-order valence-corrected chi connectivity index (χ1v) is 7.16. The predicted molar refractivity (Wildman–Crippen MR) is 71.3 cm³/mol. The molecule has 0 aromatic carbocycles. The molecule has 18 heavy (non-hydrogen) atoms. The normalized spacial score (nSPS) is 28.1. The van der Waals surface area contributed by atoms with E-state index in [-0.39, 0.29) is 24.3 Å². The molecular formula is C14H27NO3. The summed E-state index contributed by atoms with van der Waals surface area (Å²) in [4.78, 5) is 11.7. The first-order valence-electron chi connectivity index (χ1n) is 7.16. The van der Waals surface area contributed by atoms with Crippen LogP contribution in [0.25, 0.3) is 0 Å². The summed E-state index contributed by atoms with van der Waals surface area (Å²) in [5.74, 6) is -0.0611. The van der Waals surface area contributed by atoms with Crippen molar-refractivity contribution in [2.75, 3.05) is 6.54 Å². The molecule has 106 valence electrons. The maximum absolute atomic E-state index is 11.7. The number of carbonyl (C=O) groups is 1. The molecule has 2 N–H and O–H groups in total. The van der Waals surface area contributed by atoms with Crippen LogP contribution in [-0.4, -0.2) is 30.8 Å². The van der Waals surface area contributed by atoms with E-state index in [2.05, 4.69) is 0 Å². The average Bonchev–Trinajstić information content (AvgIpc) is 2.27. The minimum absolute atomic E-state index is 0.0419. The van der Waals surface area contributed by atoms with Gasteiger partial charge in [0.2, 0.25) is 0 Å². The highest BCUT2D eigenvalue weighted by Crippen LogP contribution is 2.22. The zero-order valence-electron chi connectivity index (χ0n) is 11.7. The average molecular weight is 257 g/mol. The van der Waals surface area contributed by atoms with Crippen molar-refractivity contribution in [1.82, 2.24) is 0 Å². The maximum Gasteiger partial charge on any atom is 0.306 e. The van der Waals surface area contributed by atoms with E-state index < -0.39 is 0 Å². The molecule has 0 aromatic heterocycles. The van der Waals surface area contributed by atoms with Gasteiger partial charge in [0, 0.05) is 19.3 Å². The molecule has 1 saturated heterocycles. The standard InChI is InChI=1S/C14H27NO3/c1-11-9-13(10-12(2)17-11)18-14(16)7-5-3-4-6-8-15/h11-13H,3-10,15H2,1-2H3. The van der Waals surface area contributed by atoms with Gasteiger partial charge in [-0.25, -0.2) is 0 Å². The van der Waals surface area contributed by atoms with Crippen LogP contribution in [0.4, 0.5) is 0 Å². The van der Waals surface area contributed by atoms with Crippen molar-refractivity contribution in [3.63, 3.8) is 0 Å². The third-order valence-corrected chi connectivity index (χ3v) is 3.29. The smallest absolute Gasteiger partial charge is 0.306 e. The maximum atomic E-state index is 11.7. The summed E-state index contributed by atoms with van der Waals surface area (Å²) in [6.07, 6.45) is 6.73. The molecule has 1 rings (SSSR count). The molecule has 1 aliphatic rings. The van der Waals surface area contributed by atoms with Gasteiger partial charge in [-0.2, -0.15) is 0 Å². The second-order valence-electron chi connectivity index (χ2n) is 5.29. The van der Waals surface area contributed by atoms with E-state index in [0.717, 1.165) is 45.1 Å². The van der Waals surface area contributed by atoms with E-state index >= 15 is 0 Å². The second-order valence-corrected chi connectivity index (χ2v) is 5.29. The van der Waals surface area contributed by atoms with Crippen molar-refractivity contribution < 1.29 is 14.3 Å². The quantitative estimate of drug-likeness (QED) is 0.562. The van der Waals surface area contributed by atoms with Gasteiger partial charge in [-0.05, 0) is 33.2 Å². The Bertz CT molecular complexity index is 235. The molecule has 2 atom stereocenters. The Labute approximate surface area is 110 Å². The molecule has 0 aliphatic carbocycles. The highest BCUT2D eigenvalue weighted by molar-refractivity contribution is 5.69. The molecule has 0 spiro atoms. The summed E-state index contributed by atoms with van der Waals surface area (Å²) in [6.45, 7) is 4.80. The first kappa shape index (κ1) is 15.4. The Morgan fingerprint density at radius 2 is 1.78 bits per heavy atom. The number of hydrogen-bond donors (Lipinski definition) is 1. The lowest BCUT2D eigenvalue weighted by atomic mass is 10.0. The lowest BCUT2D eigenvalue weighted by molar-refractivity contribution is -0.159. The topological polar surface area (TPSA) is 61.5 Å². The van der Waals surface area contributed by atoms with Crippen LogP contribution in [0.3, 0.4) is 0 Å². The van der Waals surface area contributed by atoms with Crippen molar-refractivity contribution in [3.8, 4) is 0 Å². The summed E-state index contributed by atoms with van der Waals surface area (Å²) in [6, 6.07) is 0. The molecule has 4 heteroatoms. The van der Waals surface area contributed by atoms with Gasteiger partial charge in [0.15, 0.2) is 0 Å². The van der Waals surface area contributed by atoms with Crippen LogP contribution >= 0.6 is 0 Å². The van der Waals surface area contributed by atoms with Crippen LogP contribution in [0.15, 0.2) is 0 Å². The van der Waals surface area contributed by atoms with Gasteiger partial charge in [0.05, 0.1) is 12.2 Å². The molecule has 0 bridgehead atoms. The lowest BCUT2D eigenvalue weighted by Crippen LogP contribution is -2.35. The van der Waals surface area contributed by atoms with E-state index in [1.807, 2.05) is 13.8 Å². The number of unbranched alkanes of at least 4 members (excludes halogenated alkanes) is 3. The number of hydrogen-bond acceptors (Lipinski definition) is 4. The molecule has 1 aliphatic heterocycles. The number of esters is 1. The van der Waals surface area contributed by atoms with E-state index in [4.69, 9.17) is 15.2 Å². The van der Waals surface area contributed by atoms with E-state index in [1.54, 1.807) is 0 Å². The third-order valence-electron chi connectivity index (χ3n) is 3.29. The van der Waals surface area contributed by atoms with Gasteiger partial charge in [-0.15, -0.1) is 0 Å². The highest BCUT2D eigenvalue weighted by atomic mass is 16.6. The van der Waals surface area contributed by atoms with E-state index in [1.165, 1.54) is 0 Å². The van der Waals surface area contributed by atoms with Crippen LogP contribution in [0.5, 0.6) is 0 Å². The Hall–Kier alpha value is -0.610. The zero-order chi connectivity index (χ0) is 13.4. The van der Waals surface area contributed by atoms with E-state index in [0.29, 0.717) is 6.42 Å². The van der Waals surface area contributed by atoms with Gasteiger partial charge in [0.25, 0.3) is 0 Å². The van der Waals surface area contributed by atoms with Gasteiger partial charge < -0.3 is 15.2 Å². The molecule has 4 nitrogen and oxygen atoms in total. The second kappa shape index (κ2) is 8.48. The monoisotopic (exact) mass is 257 g/mol. The number of rotatable bonds is 7. The molecule has 0 amide bonds. The van der Waals surface area contributed by atoms with Crippen LogP contribution < -0.4 is 5.73 Å². The molecule has 0 radical (unpaired) electrons. The van der Waals surface area contributed by atoms with E-state index in [9.17, 15) is 4.79 Å². The Morgan fingerprint density at radius 3 is 2.39 bits per heavy atom. The van der Waals surface area contributed by atoms with Gasteiger partial charge >= 0.3 is 5.97 Å². The summed E-state index contributed by atoms with van der Waals surface area (Å²) < 4.78 is 11.1. The van der Waals surface area contributed by atoms with Gasteiger partial charge in [-0.3, -0.25) is 4.79 Å². The van der Waals surface area contributed by atoms with Crippen LogP contribution in [-0.2, 0) is 14.3 Å². The minimum Gasteiger partial charge on any atom is -0.462 e. The largest absolute Gasteiger partial charge is 0.462 e. The number of ether oxygens (including phenoxy) is 2. The molecule has 0 aromatic rings. The zero-order valence-corrected chi connectivity index (χ0v) is 11.7. The summed E-state index contributed by atoms with van der Waals surface area (Å²) >= 11 is 0. The lowest BCUT2D eigenvalue weighted by Gasteiger charge is -2.31. The van der Waals surface area contributed by atoms with Crippen LogP contribution in [0, 0.1) is 0 Å². The SMILES string of the molecule is CC1CC(OC(=O)CCCCCCN)CC(C)O1. The Morgan fingerprint density at radius 1 is 1.17 bits per heavy atom. The third kappa shape index (κ3) is 6.36. The van der Waals surface area contributed by atoms with Crippen LogP contribution in [0.2, 0.25) is 0 Å². The molecule has 1 fully saturated rings. The first-order chi connectivity index (χ1) is 8.61. The van der Waals surface area contributed by atoms with Crippen LogP contribution in [0.1, 0.15) is 58.8 Å². The molecular weight excluding hydrogens is 230 g/mol. The molecule has 1 heterocycles. The minimum atomic E-state index is -0.0611. The number of carbonyl (C=O) groups excluding carboxylic acids is 1. The highest BCUT2D eigenvalue weighted by Gasteiger charge is 2.26.